The number of hydrogen-bond acceptors (Lipinski definition) is 4. The van der Waals surface area contributed by atoms with Crippen LogP contribution in [0.3, 0.4) is 0 Å². The Balaban J connectivity index is 1.54. The Kier molecular flexibility index (Phi) is 6.04. The summed E-state index contributed by atoms with van der Waals surface area (Å²) in [5.74, 6) is -2.66. The van der Waals surface area contributed by atoms with Crippen molar-refractivity contribution in [1.82, 2.24) is 5.32 Å². The lowest BCUT2D eigenvalue weighted by atomic mass is 9.82. The van der Waals surface area contributed by atoms with Crippen molar-refractivity contribution >= 4 is 34.1 Å². The van der Waals surface area contributed by atoms with E-state index in [1.165, 1.54) is 22.6 Å². The van der Waals surface area contributed by atoms with Crippen LogP contribution in [0.2, 0.25) is 0 Å². The Morgan fingerprint density at radius 2 is 1.69 bits per heavy atom. The molecule has 2 amide bonds. The molecule has 0 spiro atoms. The monoisotopic (exact) mass is 416 g/mol. The number of hydrogen-bond donors (Lipinski definition) is 3. The summed E-state index contributed by atoms with van der Waals surface area (Å²) in [4.78, 5) is 38.8. The van der Waals surface area contributed by atoms with Gasteiger partial charge in [0.2, 0.25) is 5.91 Å². The molecule has 156 valence electrons. The van der Waals surface area contributed by atoms with Gasteiger partial charge < -0.3 is 15.7 Å². The zero-order chi connectivity index (χ0) is 20.4. The lowest BCUT2D eigenvalue weighted by Gasteiger charge is -2.25. The van der Waals surface area contributed by atoms with Crippen molar-refractivity contribution in [2.75, 3.05) is 5.32 Å². The number of carboxylic acid groups (broad SMARTS) is 1. The molecule has 3 aliphatic rings. The van der Waals surface area contributed by atoms with E-state index in [0.29, 0.717) is 23.4 Å². The average Bonchev–Trinajstić information content (AvgIpc) is 3.29. The molecule has 0 aliphatic heterocycles. The van der Waals surface area contributed by atoms with Gasteiger partial charge in [0.25, 0.3) is 5.91 Å². The van der Waals surface area contributed by atoms with Gasteiger partial charge in [0, 0.05) is 10.9 Å². The van der Waals surface area contributed by atoms with Crippen molar-refractivity contribution < 1.29 is 19.5 Å². The molecule has 0 saturated heterocycles. The van der Waals surface area contributed by atoms with Gasteiger partial charge in [-0.3, -0.25) is 14.4 Å². The number of anilines is 1. The fourth-order valence-corrected chi connectivity index (χ4v) is 6.11. The maximum atomic E-state index is 13.1. The van der Waals surface area contributed by atoms with Crippen LogP contribution in [0.15, 0.2) is 12.2 Å². The van der Waals surface area contributed by atoms with Crippen LogP contribution < -0.4 is 10.6 Å². The van der Waals surface area contributed by atoms with E-state index in [-0.39, 0.29) is 17.9 Å². The quantitative estimate of drug-likeness (QED) is 0.634. The Morgan fingerprint density at radius 3 is 2.41 bits per heavy atom. The molecule has 1 fully saturated rings. The molecule has 0 bridgehead atoms. The lowest BCUT2D eigenvalue weighted by Crippen LogP contribution is -2.37. The fraction of sp³-hybridized carbons (Fsp3) is 0.591. The molecule has 1 saturated carbocycles. The summed E-state index contributed by atoms with van der Waals surface area (Å²) >= 11 is 1.48. The van der Waals surface area contributed by atoms with E-state index in [9.17, 15) is 19.5 Å². The van der Waals surface area contributed by atoms with Crippen molar-refractivity contribution in [3.05, 3.63) is 28.2 Å². The molecule has 29 heavy (non-hydrogen) atoms. The van der Waals surface area contributed by atoms with E-state index >= 15 is 0 Å². The minimum absolute atomic E-state index is 0.0927. The van der Waals surface area contributed by atoms with Crippen LogP contribution in [0.5, 0.6) is 0 Å². The Bertz CT molecular complexity index is 838. The molecular formula is C22H28N2O4S. The molecule has 1 heterocycles. The van der Waals surface area contributed by atoms with Gasteiger partial charge in [0.15, 0.2) is 0 Å². The SMILES string of the molecule is O=C(NC1CCCCC1)c1c(NC(=O)[C@H]2CC=CC[C@@H]2C(=O)O)sc2c1CCC2. The topological polar surface area (TPSA) is 95.5 Å². The van der Waals surface area contributed by atoms with E-state index in [1.807, 2.05) is 12.2 Å². The zero-order valence-corrected chi connectivity index (χ0v) is 17.4. The summed E-state index contributed by atoms with van der Waals surface area (Å²) in [7, 11) is 0. The number of aryl methyl sites for hydroxylation is 1. The van der Waals surface area contributed by atoms with Crippen molar-refractivity contribution in [3.63, 3.8) is 0 Å². The van der Waals surface area contributed by atoms with Crippen molar-refractivity contribution in [2.45, 2.75) is 70.3 Å². The number of carbonyl (C=O) groups excluding carboxylic acids is 2. The molecule has 0 aromatic carbocycles. The number of thiophene rings is 1. The van der Waals surface area contributed by atoms with Gasteiger partial charge in [-0.2, -0.15) is 0 Å². The van der Waals surface area contributed by atoms with Gasteiger partial charge in [0.1, 0.15) is 5.00 Å². The Hall–Kier alpha value is -2.15. The van der Waals surface area contributed by atoms with E-state index in [0.717, 1.165) is 50.5 Å². The number of fused-ring (bicyclic) bond motifs is 1. The predicted molar refractivity (Wildman–Crippen MR) is 112 cm³/mol. The summed E-state index contributed by atoms with van der Waals surface area (Å²) in [5.41, 5.74) is 1.68. The van der Waals surface area contributed by atoms with E-state index < -0.39 is 17.8 Å². The maximum Gasteiger partial charge on any atom is 0.307 e. The second kappa shape index (κ2) is 8.69. The summed E-state index contributed by atoms with van der Waals surface area (Å²) in [5, 5.41) is 16.2. The normalized spacial score (nSPS) is 24.1. The molecule has 7 heteroatoms. The summed E-state index contributed by atoms with van der Waals surface area (Å²) in [6, 6.07) is 0.205. The molecule has 2 atom stereocenters. The largest absolute Gasteiger partial charge is 0.481 e. The number of nitrogens with one attached hydrogen (secondary N) is 2. The minimum atomic E-state index is -0.946. The average molecular weight is 417 g/mol. The third-order valence-corrected chi connectivity index (χ3v) is 7.62. The van der Waals surface area contributed by atoms with Crippen LogP contribution in [-0.4, -0.2) is 28.9 Å². The second-order valence-corrected chi connectivity index (χ2v) is 9.46. The van der Waals surface area contributed by atoms with Crippen LogP contribution in [0.1, 0.15) is 72.2 Å². The van der Waals surface area contributed by atoms with Crippen LogP contribution in [-0.2, 0) is 22.4 Å². The van der Waals surface area contributed by atoms with Crippen molar-refractivity contribution in [2.24, 2.45) is 11.8 Å². The maximum absolute atomic E-state index is 13.1. The molecule has 1 aromatic rings. The first kappa shape index (κ1) is 20.1. The fourth-order valence-electron chi connectivity index (χ4n) is 4.82. The molecule has 1 aromatic heterocycles. The first-order valence-electron chi connectivity index (χ1n) is 10.7. The minimum Gasteiger partial charge on any atom is -0.481 e. The number of carbonyl (C=O) groups is 3. The van der Waals surface area contributed by atoms with Crippen LogP contribution >= 0.6 is 11.3 Å². The molecule has 6 nitrogen and oxygen atoms in total. The zero-order valence-electron chi connectivity index (χ0n) is 16.5. The van der Waals surface area contributed by atoms with Gasteiger partial charge >= 0.3 is 5.97 Å². The summed E-state index contributed by atoms with van der Waals surface area (Å²) < 4.78 is 0. The lowest BCUT2D eigenvalue weighted by molar-refractivity contribution is -0.146. The van der Waals surface area contributed by atoms with Crippen LogP contribution in [0.25, 0.3) is 0 Å². The number of amides is 2. The van der Waals surface area contributed by atoms with Gasteiger partial charge in [0.05, 0.1) is 17.4 Å². The second-order valence-electron chi connectivity index (χ2n) is 8.35. The number of aliphatic carboxylic acids is 1. The summed E-state index contributed by atoms with van der Waals surface area (Å²) in [6.07, 6.45) is 12.8. The molecule has 3 N–H and O–H groups in total. The number of carboxylic acids is 1. The summed E-state index contributed by atoms with van der Waals surface area (Å²) in [6.45, 7) is 0. The highest BCUT2D eigenvalue weighted by Gasteiger charge is 2.36. The first-order valence-corrected chi connectivity index (χ1v) is 11.5. The Labute approximate surface area is 174 Å². The molecular weight excluding hydrogens is 388 g/mol. The van der Waals surface area contributed by atoms with E-state index in [4.69, 9.17) is 0 Å². The number of rotatable bonds is 5. The van der Waals surface area contributed by atoms with Gasteiger partial charge in [-0.15, -0.1) is 11.3 Å². The highest BCUT2D eigenvalue weighted by Crippen LogP contribution is 2.40. The highest BCUT2D eigenvalue weighted by atomic mass is 32.1. The molecule has 4 rings (SSSR count). The Morgan fingerprint density at radius 1 is 0.966 bits per heavy atom. The predicted octanol–water partition coefficient (Wildman–Crippen LogP) is 3.90. The first-order chi connectivity index (χ1) is 14.0. The standard InChI is InChI=1S/C22H28N2O4S/c25-19(14-9-4-5-10-15(14)22(27)28)24-21-18(16-11-6-12-17(16)29-21)20(26)23-13-7-2-1-3-8-13/h4-5,13-15H,1-3,6-12H2,(H,23,26)(H,24,25)(H,27,28)/t14-,15-/m0/s1. The molecule has 0 radical (unpaired) electrons. The van der Waals surface area contributed by atoms with Crippen molar-refractivity contribution in [3.8, 4) is 0 Å². The van der Waals surface area contributed by atoms with E-state index in [2.05, 4.69) is 10.6 Å². The third kappa shape index (κ3) is 4.25. The van der Waals surface area contributed by atoms with Crippen LogP contribution in [0, 0.1) is 11.8 Å². The van der Waals surface area contributed by atoms with Crippen molar-refractivity contribution in [1.29, 1.82) is 0 Å². The van der Waals surface area contributed by atoms with E-state index in [1.54, 1.807) is 0 Å². The van der Waals surface area contributed by atoms with Gasteiger partial charge in [-0.25, -0.2) is 0 Å². The smallest absolute Gasteiger partial charge is 0.307 e. The molecule has 3 aliphatic carbocycles. The van der Waals surface area contributed by atoms with Gasteiger partial charge in [-0.05, 0) is 50.5 Å². The van der Waals surface area contributed by atoms with Gasteiger partial charge in [-0.1, -0.05) is 31.4 Å². The highest BCUT2D eigenvalue weighted by molar-refractivity contribution is 7.17. The third-order valence-electron chi connectivity index (χ3n) is 6.41. The number of allylic oxidation sites excluding steroid dienone is 2. The molecule has 0 unspecified atom stereocenters. The van der Waals surface area contributed by atoms with Crippen LogP contribution in [0.4, 0.5) is 5.00 Å².